The molecule has 0 unspecified atom stereocenters. The van der Waals surface area contributed by atoms with Crippen LogP contribution < -0.4 is 0 Å². The molecule has 1 nitrogen and oxygen atoms in total. The summed E-state index contributed by atoms with van der Waals surface area (Å²) in [5, 5.41) is 0. The second kappa shape index (κ2) is 10.3. The van der Waals surface area contributed by atoms with Crippen molar-refractivity contribution in [3.8, 4) is 0 Å². The third kappa shape index (κ3) is 122. The van der Waals surface area contributed by atoms with Gasteiger partial charge in [-0.3, -0.25) is 0 Å². The Kier molecular flexibility index (Phi) is 16.4. The molecule has 0 radical (unpaired) electrons. The van der Waals surface area contributed by atoms with Gasteiger partial charge < -0.3 is 11.7 Å². The van der Waals surface area contributed by atoms with E-state index in [0.29, 0.717) is 6.29 Å². The fourth-order valence-electron chi connectivity index (χ4n) is 0. The molecular weight excluding hydrogens is 238 g/mol. The van der Waals surface area contributed by atoms with Crippen LogP contribution in [0.3, 0.4) is 0 Å². The molecule has 7 heavy (non-hydrogen) atoms. The number of carbonyl (C=O) groups excluding carboxylic acids is 1. The van der Waals surface area contributed by atoms with Crippen LogP contribution in [0, 0.1) is 6.92 Å². The second-order valence-electron chi connectivity index (χ2n) is 0.381. The van der Waals surface area contributed by atoms with E-state index in [-0.39, 0.29) is 0 Å². The van der Waals surface area contributed by atoms with Crippen LogP contribution in [0.25, 0.3) is 0 Å². The van der Waals surface area contributed by atoms with E-state index in [2.05, 4.69) is 6.92 Å². The Hall–Kier alpha value is 1.29. The van der Waals surface area contributed by atoms with Gasteiger partial charge in [-0.25, -0.2) is 0 Å². The Bertz CT molecular complexity index is 37.2. The summed E-state index contributed by atoms with van der Waals surface area (Å²) in [5.41, 5.74) is 0. The molecule has 0 aromatic heterocycles. The van der Waals surface area contributed by atoms with Gasteiger partial charge in [0.25, 0.3) is 0 Å². The van der Waals surface area contributed by atoms with Gasteiger partial charge in [0.1, 0.15) is 0 Å². The molecule has 0 aliphatic carbocycles. The first-order valence-corrected chi connectivity index (χ1v) is 10.7. The van der Waals surface area contributed by atoms with Gasteiger partial charge in [-0.1, -0.05) is 0 Å². The molecule has 0 N–H and O–H groups in total. The van der Waals surface area contributed by atoms with Crippen molar-refractivity contribution in [1.29, 1.82) is 0 Å². The number of halogens is 3. The minimum atomic E-state index is -2.13. The molecule has 0 aromatic carbocycles. The summed E-state index contributed by atoms with van der Waals surface area (Å²) in [6.45, 7) is 2.81. The molecule has 0 saturated carbocycles. The van der Waals surface area contributed by atoms with Crippen LogP contribution in [0.15, 0.2) is 0 Å². The summed E-state index contributed by atoms with van der Waals surface area (Å²) in [6.07, 6.45) is 0.500. The molecule has 0 aromatic rings. The van der Waals surface area contributed by atoms with E-state index in [0.717, 1.165) is 0 Å². The van der Waals surface area contributed by atoms with Crippen LogP contribution in [0.1, 0.15) is 0 Å². The Labute approximate surface area is 61.3 Å². The molecule has 0 fully saturated rings. The van der Waals surface area contributed by atoms with Gasteiger partial charge in [0.05, 0.1) is 0 Å². The van der Waals surface area contributed by atoms with Gasteiger partial charge in [0, 0.05) is 0 Å². The minimum absolute atomic E-state index is 0.500. The third-order valence-electron chi connectivity index (χ3n) is 0. The molecule has 0 rings (SSSR count). The van der Waals surface area contributed by atoms with Gasteiger partial charge in [0.15, 0.2) is 0 Å². The van der Waals surface area contributed by atoms with Crippen molar-refractivity contribution in [3.05, 3.63) is 6.92 Å². The number of aldehydes is 1. The monoisotopic (exact) mass is 238 g/mol. The predicted octanol–water partition coefficient (Wildman–Crippen LogP) is 2.09. The maximum absolute atomic E-state index is 8.69. The molecule has 0 aliphatic heterocycles. The Morgan fingerprint density at radius 2 is 1.43 bits per heavy atom. The van der Waals surface area contributed by atoms with Gasteiger partial charge >= 0.3 is 43.7 Å². The van der Waals surface area contributed by atoms with E-state index in [9.17, 15) is 0 Å². The van der Waals surface area contributed by atoms with Gasteiger partial charge in [-0.15, -0.1) is 0 Å². The van der Waals surface area contributed by atoms with E-state index in [4.69, 9.17) is 30.3 Å². The Morgan fingerprint density at radius 3 is 1.43 bits per heavy atom. The molecule has 0 aliphatic rings. The van der Waals surface area contributed by atoms with E-state index in [1.165, 1.54) is 0 Å². The zero-order valence-electron chi connectivity index (χ0n) is 3.33. The molecule has 0 atom stereocenters. The zero-order chi connectivity index (χ0) is 6.28. The molecule has 0 amide bonds. The summed E-state index contributed by atoms with van der Waals surface area (Å²) in [6, 6.07) is 0. The van der Waals surface area contributed by atoms with E-state index in [1.807, 2.05) is 0 Å². The molecule has 0 heterocycles. The van der Waals surface area contributed by atoms with Crippen molar-refractivity contribution < 1.29 is 23.0 Å². The van der Waals surface area contributed by atoms with Crippen LogP contribution in [0.4, 0.5) is 0 Å². The zero-order valence-corrected chi connectivity index (χ0v) is 8.05. The van der Waals surface area contributed by atoms with Gasteiger partial charge in [-0.2, -0.15) is 0 Å². The number of hydrogen-bond donors (Lipinski definition) is 0. The topological polar surface area (TPSA) is 17.1 Å². The van der Waals surface area contributed by atoms with Crippen molar-refractivity contribution in [2.45, 2.75) is 0 Å². The molecule has 43 valence electrons. The number of rotatable bonds is 0. The summed E-state index contributed by atoms with van der Waals surface area (Å²) >= 11 is -2.13. The SMILES string of the molecule is [CH2-]C=O.[Cl][Zr]([Cl])[Cl]. The number of hydrogen-bond acceptors (Lipinski definition) is 1. The Morgan fingerprint density at radius 1 is 1.43 bits per heavy atom. The van der Waals surface area contributed by atoms with E-state index in [1.54, 1.807) is 0 Å². The molecule has 5 heteroatoms. The van der Waals surface area contributed by atoms with Crippen LogP contribution in [0.2, 0.25) is 0 Å². The normalized spacial score (nSPS) is 5.57. The number of carbonyl (C=O) groups is 1. The average Bonchev–Trinajstić information content (AvgIpc) is 1.33. The van der Waals surface area contributed by atoms with Crippen LogP contribution >= 0.6 is 25.5 Å². The summed E-state index contributed by atoms with van der Waals surface area (Å²) < 4.78 is 0. The summed E-state index contributed by atoms with van der Waals surface area (Å²) in [5.74, 6) is 0. The van der Waals surface area contributed by atoms with Crippen LogP contribution in [-0.4, -0.2) is 6.29 Å². The fraction of sp³-hybridized carbons (Fsp3) is 0. The average molecular weight is 241 g/mol. The third-order valence-corrected chi connectivity index (χ3v) is 0. The Balaban J connectivity index is 0. The standard InChI is InChI=1S/C2H3O.3ClH.Zr/c1-2-3;;;;/h2H,1H2;3*1H;/q-1;;;;+3/p-3. The molecule has 0 spiro atoms. The van der Waals surface area contributed by atoms with Crippen molar-refractivity contribution in [1.82, 2.24) is 0 Å². The van der Waals surface area contributed by atoms with E-state index < -0.39 is 18.2 Å². The van der Waals surface area contributed by atoms with Crippen LogP contribution in [-0.2, 0) is 23.0 Å². The van der Waals surface area contributed by atoms with Gasteiger partial charge in [-0.05, 0) is 6.29 Å². The summed E-state index contributed by atoms with van der Waals surface area (Å²) in [7, 11) is 15.0. The maximum atomic E-state index is 8.69. The predicted molar refractivity (Wildman–Crippen MR) is 29.0 cm³/mol. The quantitative estimate of drug-likeness (QED) is 0.468. The molecular formula is C2H3Cl3OZr-. The van der Waals surface area contributed by atoms with Gasteiger partial charge in [0.2, 0.25) is 0 Å². The fourth-order valence-corrected chi connectivity index (χ4v) is 0. The second-order valence-corrected chi connectivity index (χ2v) is 11.6. The first-order chi connectivity index (χ1) is 3.15. The van der Waals surface area contributed by atoms with Crippen molar-refractivity contribution in [3.63, 3.8) is 0 Å². The molecule has 0 saturated heterocycles. The molecule has 0 bridgehead atoms. The van der Waals surface area contributed by atoms with Crippen molar-refractivity contribution in [2.24, 2.45) is 0 Å². The first kappa shape index (κ1) is 11.1. The first-order valence-electron chi connectivity index (χ1n) is 1.21. The van der Waals surface area contributed by atoms with Crippen molar-refractivity contribution >= 4 is 31.8 Å². The van der Waals surface area contributed by atoms with Crippen molar-refractivity contribution in [2.75, 3.05) is 0 Å². The van der Waals surface area contributed by atoms with E-state index >= 15 is 0 Å². The summed E-state index contributed by atoms with van der Waals surface area (Å²) in [4.78, 5) is 8.69. The van der Waals surface area contributed by atoms with Crippen LogP contribution in [0.5, 0.6) is 0 Å².